The second-order valence-corrected chi connectivity index (χ2v) is 6.92. The molecule has 3 aliphatic heterocycles. The van der Waals surface area contributed by atoms with E-state index in [1.807, 2.05) is 36.4 Å². The van der Waals surface area contributed by atoms with Crippen LogP contribution in [-0.4, -0.2) is 23.8 Å². The first-order valence-corrected chi connectivity index (χ1v) is 9.18. The zero-order chi connectivity index (χ0) is 20.2. The number of nitriles is 1. The van der Waals surface area contributed by atoms with Crippen LogP contribution in [0.2, 0.25) is 0 Å². The molecule has 30 heavy (non-hydrogen) atoms. The molecule has 0 unspecified atom stereocenters. The number of H-pyrrole nitrogens is 1. The van der Waals surface area contributed by atoms with Gasteiger partial charge in [-0.15, -0.1) is 5.10 Å². The molecule has 3 N–H and O–H groups in total. The number of hydrogen-bond donors (Lipinski definition) is 2. The molecule has 3 aliphatic rings. The van der Waals surface area contributed by atoms with Gasteiger partial charge in [-0.25, -0.2) is 0 Å². The minimum atomic E-state index is -0.493. The number of aromatic amines is 1. The van der Waals surface area contributed by atoms with E-state index in [0.717, 1.165) is 11.1 Å². The fourth-order valence-electron chi connectivity index (χ4n) is 3.94. The third kappa shape index (κ3) is 2.31. The summed E-state index contributed by atoms with van der Waals surface area (Å²) in [5.74, 6) is 2.44. The van der Waals surface area contributed by atoms with Gasteiger partial charge in [0.1, 0.15) is 11.6 Å². The quantitative estimate of drug-likeness (QED) is 0.670. The van der Waals surface area contributed by atoms with Crippen LogP contribution < -0.4 is 29.4 Å². The molecule has 2 aromatic carbocycles. The monoisotopic (exact) mass is 402 g/mol. The smallest absolute Gasteiger partial charge is 0.244 e. The molecule has 3 aromatic rings. The van der Waals surface area contributed by atoms with Crippen LogP contribution in [0.15, 0.2) is 47.9 Å². The average Bonchev–Trinajstić information content (AvgIpc) is 3.50. The first kappa shape index (κ1) is 16.6. The van der Waals surface area contributed by atoms with Crippen molar-refractivity contribution in [2.45, 2.75) is 5.92 Å². The fourth-order valence-corrected chi connectivity index (χ4v) is 3.94. The van der Waals surface area contributed by atoms with Crippen molar-refractivity contribution in [3.05, 3.63) is 59.0 Å². The van der Waals surface area contributed by atoms with Crippen molar-refractivity contribution in [1.29, 1.82) is 5.26 Å². The van der Waals surface area contributed by atoms with Gasteiger partial charge in [-0.3, -0.25) is 5.10 Å². The summed E-state index contributed by atoms with van der Waals surface area (Å²) in [5, 5.41) is 17.2. The summed E-state index contributed by atoms with van der Waals surface area (Å²) in [7, 11) is 0. The van der Waals surface area contributed by atoms with Crippen molar-refractivity contribution in [2.24, 2.45) is 5.73 Å². The highest BCUT2D eigenvalue weighted by molar-refractivity contribution is 5.73. The number of ether oxygens (including phenoxy) is 5. The third-order valence-electron chi connectivity index (χ3n) is 5.33. The van der Waals surface area contributed by atoms with E-state index in [1.54, 1.807) is 0 Å². The maximum Gasteiger partial charge on any atom is 0.244 e. The van der Waals surface area contributed by atoms with Gasteiger partial charge in [0.2, 0.25) is 25.3 Å². The standard InChI is InChI=1S/C21H14N4O5/c22-7-12-17(10-1-3-13-15(5-10)28-8-26-13)18-19(24-25-21(18)30-20(12)23)11-2-4-14-16(6-11)29-9-27-14/h1-6,17H,8-9,23H2,(H,24,25)/t17-/m1/s1. The van der Waals surface area contributed by atoms with Crippen LogP contribution >= 0.6 is 0 Å². The van der Waals surface area contributed by atoms with Crippen molar-refractivity contribution in [3.8, 4) is 46.2 Å². The zero-order valence-corrected chi connectivity index (χ0v) is 15.5. The van der Waals surface area contributed by atoms with Gasteiger partial charge >= 0.3 is 0 Å². The third-order valence-corrected chi connectivity index (χ3v) is 5.33. The van der Waals surface area contributed by atoms with Gasteiger partial charge in [0.25, 0.3) is 0 Å². The number of aromatic nitrogens is 2. The Kier molecular flexibility index (Phi) is 3.37. The van der Waals surface area contributed by atoms with Gasteiger partial charge in [0.15, 0.2) is 23.0 Å². The number of rotatable bonds is 2. The molecular formula is C21H14N4O5. The van der Waals surface area contributed by atoms with Crippen molar-refractivity contribution in [1.82, 2.24) is 10.2 Å². The van der Waals surface area contributed by atoms with Gasteiger partial charge in [0.05, 0.1) is 17.2 Å². The van der Waals surface area contributed by atoms with Crippen LogP contribution in [0.5, 0.6) is 28.9 Å². The topological polar surface area (TPSA) is 125 Å². The molecule has 1 atom stereocenters. The molecule has 0 amide bonds. The Balaban J connectivity index is 1.54. The number of hydrogen-bond acceptors (Lipinski definition) is 8. The average molecular weight is 402 g/mol. The molecule has 6 rings (SSSR count). The molecule has 4 heterocycles. The Hall–Kier alpha value is -4.32. The van der Waals surface area contributed by atoms with E-state index in [2.05, 4.69) is 16.3 Å². The fraction of sp³-hybridized carbons (Fsp3) is 0.143. The molecule has 0 spiro atoms. The lowest BCUT2D eigenvalue weighted by molar-refractivity contribution is 0.173. The number of nitrogens with two attached hydrogens (primary N) is 1. The van der Waals surface area contributed by atoms with E-state index < -0.39 is 5.92 Å². The van der Waals surface area contributed by atoms with Crippen LogP contribution in [0.1, 0.15) is 17.0 Å². The first-order valence-electron chi connectivity index (χ1n) is 9.18. The van der Waals surface area contributed by atoms with E-state index in [-0.39, 0.29) is 19.5 Å². The Morgan fingerprint density at radius 2 is 1.67 bits per heavy atom. The van der Waals surface area contributed by atoms with Crippen molar-refractivity contribution in [3.63, 3.8) is 0 Å². The lowest BCUT2D eigenvalue weighted by Crippen LogP contribution is -2.21. The second kappa shape index (κ2) is 6.09. The van der Waals surface area contributed by atoms with Crippen molar-refractivity contribution < 1.29 is 23.7 Å². The molecule has 9 nitrogen and oxygen atoms in total. The van der Waals surface area contributed by atoms with Gasteiger partial charge in [0, 0.05) is 5.56 Å². The number of nitrogens with one attached hydrogen (secondary N) is 1. The minimum absolute atomic E-state index is 0.0244. The summed E-state index contributed by atoms with van der Waals surface area (Å²) >= 11 is 0. The maximum atomic E-state index is 9.85. The van der Waals surface area contributed by atoms with Crippen LogP contribution in [0.25, 0.3) is 11.3 Å². The molecule has 0 bridgehead atoms. The molecule has 0 aliphatic carbocycles. The highest BCUT2D eigenvalue weighted by atomic mass is 16.7. The summed E-state index contributed by atoms with van der Waals surface area (Å²) in [6, 6.07) is 13.3. The number of allylic oxidation sites excluding steroid dienone is 1. The summed E-state index contributed by atoms with van der Waals surface area (Å²) in [6.45, 7) is 0.343. The first-order chi connectivity index (χ1) is 14.7. The van der Waals surface area contributed by atoms with E-state index in [4.69, 9.17) is 29.4 Å². The summed E-state index contributed by atoms with van der Waals surface area (Å²) in [6.07, 6.45) is 0. The molecule has 0 saturated heterocycles. The normalized spacial score (nSPS) is 18.0. The highest BCUT2D eigenvalue weighted by Crippen LogP contribution is 2.48. The zero-order valence-electron chi connectivity index (χ0n) is 15.5. The van der Waals surface area contributed by atoms with Gasteiger partial charge in [-0.1, -0.05) is 6.07 Å². The largest absolute Gasteiger partial charge is 0.454 e. The lowest BCUT2D eigenvalue weighted by Gasteiger charge is -2.24. The van der Waals surface area contributed by atoms with Crippen LogP contribution in [0.3, 0.4) is 0 Å². The molecule has 0 saturated carbocycles. The van der Waals surface area contributed by atoms with Crippen LogP contribution in [0, 0.1) is 11.3 Å². The molecule has 0 radical (unpaired) electrons. The molecule has 0 fully saturated rings. The van der Waals surface area contributed by atoms with Crippen LogP contribution in [-0.2, 0) is 0 Å². The van der Waals surface area contributed by atoms with Gasteiger partial charge in [-0.05, 0) is 35.9 Å². The SMILES string of the molecule is N#CC1=C(N)Oc2n[nH]c(-c3ccc4c(c3)OCO4)c2[C@@H]1c1ccc2c(c1)OCO2. The Labute approximate surface area is 170 Å². The highest BCUT2D eigenvalue weighted by Gasteiger charge is 2.36. The molecule has 9 heteroatoms. The van der Waals surface area contributed by atoms with E-state index in [9.17, 15) is 5.26 Å². The second-order valence-electron chi connectivity index (χ2n) is 6.92. The van der Waals surface area contributed by atoms with E-state index >= 15 is 0 Å². The predicted molar refractivity (Wildman–Crippen MR) is 102 cm³/mol. The predicted octanol–water partition coefficient (Wildman–Crippen LogP) is 2.75. The minimum Gasteiger partial charge on any atom is -0.454 e. The summed E-state index contributed by atoms with van der Waals surface area (Å²) < 4.78 is 27.5. The van der Waals surface area contributed by atoms with Gasteiger partial charge in [-0.2, -0.15) is 5.26 Å². The lowest BCUT2D eigenvalue weighted by atomic mass is 9.83. The maximum absolute atomic E-state index is 9.85. The molecular weight excluding hydrogens is 388 g/mol. The Morgan fingerprint density at radius 1 is 0.967 bits per heavy atom. The van der Waals surface area contributed by atoms with E-state index in [1.165, 1.54) is 0 Å². The van der Waals surface area contributed by atoms with Crippen LogP contribution in [0.4, 0.5) is 0 Å². The number of fused-ring (bicyclic) bond motifs is 3. The summed E-state index contributed by atoms with van der Waals surface area (Å²) in [4.78, 5) is 0. The molecule has 1 aromatic heterocycles. The Bertz CT molecular complexity index is 1270. The van der Waals surface area contributed by atoms with Gasteiger partial charge < -0.3 is 29.4 Å². The van der Waals surface area contributed by atoms with Crippen molar-refractivity contribution >= 4 is 0 Å². The Morgan fingerprint density at radius 3 is 2.43 bits per heavy atom. The van der Waals surface area contributed by atoms with Crippen molar-refractivity contribution in [2.75, 3.05) is 13.6 Å². The number of nitrogens with zero attached hydrogens (tertiary/aromatic N) is 2. The summed E-state index contributed by atoms with van der Waals surface area (Å²) in [5.41, 5.74) is 9.39. The molecule has 148 valence electrons. The number of benzene rings is 2. The van der Waals surface area contributed by atoms with E-state index in [0.29, 0.717) is 45.7 Å².